The molecule has 5 heteroatoms. The fourth-order valence-corrected chi connectivity index (χ4v) is 1.97. The number of anilines is 2. The Morgan fingerprint density at radius 1 is 1.20 bits per heavy atom. The number of nitrogens with zero attached hydrogens (tertiary/aromatic N) is 3. The van der Waals surface area contributed by atoms with E-state index in [0.717, 1.165) is 29.6 Å². The predicted octanol–water partition coefficient (Wildman–Crippen LogP) is 2.99. The molecule has 2 aromatic rings. The number of hydrogen-bond donors (Lipinski definition) is 1. The smallest absolute Gasteiger partial charge is 0.150 e. The molecule has 0 unspecified atom stereocenters. The summed E-state index contributed by atoms with van der Waals surface area (Å²) in [6.45, 7) is 5.38. The molecule has 2 rings (SSSR count). The van der Waals surface area contributed by atoms with E-state index in [9.17, 15) is 4.39 Å². The minimum Gasteiger partial charge on any atom is -0.370 e. The number of nitrogens with one attached hydrogen (secondary N) is 1. The van der Waals surface area contributed by atoms with E-state index in [4.69, 9.17) is 0 Å². The molecule has 106 valence electrons. The first-order valence-corrected chi connectivity index (χ1v) is 6.63. The van der Waals surface area contributed by atoms with Crippen LogP contribution in [0.3, 0.4) is 0 Å². The van der Waals surface area contributed by atoms with E-state index in [0.29, 0.717) is 6.54 Å². The Morgan fingerprint density at radius 2 is 1.90 bits per heavy atom. The van der Waals surface area contributed by atoms with E-state index in [1.807, 2.05) is 31.9 Å². The van der Waals surface area contributed by atoms with Gasteiger partial charge < -0.3 is 10.2 Å². The van der Waals surface area contributed by atoms with Crippen molar-refractivity contribution >= 4 is 11.5 Å². The third-order valence-corrected chi connectivity index (χ3v) is 2.90. The number of aryl methyl sites for hydroxylation is 1. The second kappa shape index (κ2) is 6.32. The van der Waals surface area contributed by atoms with Gasteiger partial charge in [0.15, 0.2) is 0 Å². The van der Waals surface area contributed by atoms with Gasteiger partial charge in [0.1, 0.15) is 17.5 Å². The molecule has 1 heterocycles. The summed E-state index contributed by atoms with van der Waals surface area (Å²) in [4.78, 5) is 10.9. The molecule has 0 aliphatic rings. The Bertz CT molecular complexity index is 569. The molecule has 0 aliphatic carbocycles. The number of halogens is 1. The van der Waals surface area contributed by atoms with Crippen molar-refractivity contribution in [3.8, 4) is 0 Å². The minimum atomic E-state index is -0.233. The molecule has 1 aromatic carbocycles. The Morgan fingerprint density at radius 3 is 2.55 bits per heavy atom. The zero-order valence-electron chi connectivity index (χ0n) is 12.0. The van der Waals surface area contributed by atoms with E-state index in [-0.39, 0.29) is 5.82 Å². The molecule has 1 N–H and O–H groups in total. The zero-order chi connectivity index (χ0) is 14.5. The maximum atomic E-state index is 12.9. The number of benzene rings is 1. The summed E-state index contributed by atoms with van der Waals surface area (Å²) in [5, 5.41) is 3.19. The van der Waals surface area contributed by atoms with Crippen molar-refractivity contribution in [2.45, 2.75) is 20.4 Å². The van der Waals surface area contributed by atoms with Crippen LogP contribution in [-0.4, -0.2) is 23.6 Å². The van der Waals surface area contributed by atoms with Crippen LogP contribution in [0.25, 0.3) is 0 Å². The molecule has 0 aliphatic heterocycles. The van der Waals surface area contributed by atoms with Crippen molar-refractivity contribution in [3.05, 3.63) is 47.7 Å². The fourth-order valence-electron chi connectivity index (χ4n) is 1.97. The predicted molar refractivity (Wildman–Crippen MR) is 79.4 cm³/mol. The fraction of sp³-hybridized carbons (Fsp3) is 0.333. The van der Waals surface area contributed by atoms with Crippen LogP contribution in [0.5, 0.6) is 0 Å². The molecule has 0 saturated heterocycles. The molecule has 20 heavy (non-hydrogen) atoms. The Hall–Kier alpha value is -2.17. The number of aromatic nitrogens is 2. The highest BCUT2D eigenvalue weighted by atomic mass is 19.1. The van der Waals surface area contributed by atoms with Crippen LogP contribution < -0.4 is 10.2 Å². The first kappa shape index (κ1) is 14.2. The van der Waals surface area contributed by atoms with Gasteiger partial charge in [0, 0.05) is 31.0 Å². The van der Waals surface area contributed by atoms with Crippen LogP contribution in [0.2, 0.25) is 0 Å². The van der Waals surface area contributed by atoms with Crippen molar-refractivity contribution in [3.63, 3.8) is 0 Å². The summed E-state index contributed by atoms with van der Waals surface area (Å²) in [6, 6.07) is 8.32. The van der Waals surface area contributed by atoms with Crippen LogP contribution in [0.15, 0.2) is 30.3 Å². The lowest BCUT2D eigenvalue weighted by Gasteiger charge is -2.19. The summed E-state index contributed by atoms with van der Waals surface area (Å²) >= 11 is 0. The highest BCUT2D eigenvalue weighted by Gasteiger charge is 2.07. The van der Waals surface area contributed by atoms with Crippen LogP contribution in [0.4, 0.5) is 15.9 Å². The lowest BCUT2D eigenvalue weighted by atomic mass is 10.3. The average molecular weight is 274 g/mol. The van der Waals surface area contributed by atoms with Gasteiger partial charge in [-0.2, -0.15) is 0 Å². The van der Waals surface area contributed by atoms with Crippen molar-refractivity contribution in [1.29, 1.82) is 0 Å². The second-order valence-electron chi connectivity index (χ2n) is 4.67. The standard InChI is InChI=1S/C15H19FN4/c1-4-17-14-9-11(2)18-15(19-14)10-20(3)13-7-5-12(16)6-8-13/h5-9H,4,10H2,1-3H3,(H,17,18,19). The van der Waals surface area contributed by atoms with E-state index in [1.165, 1.54) is 12.1 Å². The molecular formula is C15H19FN4. The molecule has 1 aromatic heterocycles. The SMILES string of the molecule is CCNc1cc(C)nc(CN(C)c2ccc(F)cc2)n1. The molecule has 0 spiro atoms. The van der Waals surface area contributed by atoms with Gasteiger partial charge in [-0.1, -0.05) is 0 Å². The van der Waals surface area contributed by atoms with Crippen LogP contribution >= 0.6 is 0 Å². The molecule has 0 amide bonds. The van der Waals surface area contributed by atoms with Gasteiger partial charge in [-0.3, -0.25) is 0 Å². The van der Waals surface area contributed by atoms with Gasteiger partial charge in [0.2, 0.25) is 0 Å². The Labute approximate surface area is 118 Å². The summed E-state index contributed by atoms with van der Waals surface area (Å²) in [6.07, 6.45) is 0. The summed E-state index contributed by atoms with van der Waals surface area (Å²) in [7, 11) is 1.94. The maximum Gasteiger partial charge on any atom is 0.150 e. The van der Waals surface area contributed by atoms with Gasteiger partial charge >= 0.3 is 0 Å². The first-order valence-electron chi connectivity index (χ1n) is 6.63. The van der Waals surface area contributed by atoms with E-state index < -0.39 is 0 Å². The van der Waals surface area contributed by atoms with Crippen LogP contribution in [-0.2, 0) is 6.54 Å². The van der Waals surface area contributed by atoms with Gasteiger partial charge in [0.05, 0.1) is 6.54 Å². The Balaban J connectivity index is 2.14. The summed E-state index contributed by atoms with van der Waals surface area (Å²) in [5.74, 6) is 1.35. The summed E-state index contributed by atoms with van der Waals surface area (Å²) in [5.41, 5.74) is 1.86. The quantitative estimate of drug-likeness (QED) is 0.910. The molecule has 0 radical (unpaired) electrons. The van der Waals surface area contributed by atoms with E-state index in [1.54, 1.807) is 12.1 Å². The largest absolute Gasteiger partial charge is 0.370 e. The average Bonchev–Trinajstić information content (AvgIpc) is 2.39. The highest BCUT2D eigenvalue weighted by molar-refractivity contribution is 5.45. The molecule has 0 saturated carbocycles. The van der Waals surface area contributed by atoms with E-state index in [2.05, 4.69) is 15.3 Å². The third-order valence-electron chi connectivity index (χ3n) is 2.90. The molecule has 0 bridgehead atoms. The van der Waals surface area contributed by atoms with Crippen molar-refractivity contribution in [2.24, 2.45) is 0 Å². The monoisotopic (exact) mass is 274 g/mol. The number of rotatable bonds is 5. The Kier molecular flexibility index (Phi) is 4.50. The van der Waals surface area contributed by atoms with Crippen LogP contribution in [0, 0.1) is 12.7 Å². The van der Waals surface area contributed by atoms with Crippen LogP contribution in [0.1, 0.15) is 18.4 Å². The molecule has 0 fully saturated rings. The third kappa shape index (κ3) is 3.66. The van der Waals surface area contributed by atoms with Gasteiger partial charge in [-0.25, -0.2) is 14.4 Å². The highest BCUT2D eigenvalue weighted by Crippen LogP contribution is 2.15. The van der Waals surface area contributed by atoms with Gasteiger partial charge in [-0.05, 0) is 38.1 Å². The normalized spacial score (nSPS) is 10.4. The zero-order valence-corrected chi connectivity index (χ0v) is 12.0. The van der Waals surface area contributed by atoms with E-state index >= 15 is 0 Å². The van der Waals surface area contributed by atoms with Gasteiger partial charge in [0.25, 0.3) is 0 Å². The number of hydrogen-bond acceptors (Lipinski definition) is 4. The molecule has 0 atom stereocenters. The lowest BCUT2D eigenvalue weighted by molar-refractivity contribution is 0.627. The van der Waals surface area contributed by atoms with Crippen molar-refractivity contribution in [2.75, 3.05) is 23.8 Å². The molecular weight excluding hydrogens is 255 g/mol. The van der Waals surface area contributed by atoms with Gasteiger partial charge in [-0.15, -0.1) is 0 Å². The van der Waals surface area contributed by atoms with Crippen molar-refractivity contribution in [1.82, 2.24) is 9.97 Å². The topological polar surface area (TPSA) is 41.1 Å². The minimum absolute atomic E-state index is 0.233. The maximum absolute atomic E-state index is 12.9. The lowest BCUT2D eigenvalue weighted by Crippen LogP contribution is -2.19. The second-order valence-corrected chi connectivity index (χ2v) is 4.67. The first-order chi connectivity index (χ1) is 9.58. The molecule has 4 nitrogen and oxygen atoms in total. The van der Waals surface area contributed by atoms with Crippen molar-refractivity contribution < 1.29 is 4.39 Å². The summed E-state index contributed by atoms with van der Waals surface area (Å²) < 4.78 is 12.9.